The normalized spacial score (nSPS) is 16.0. The first kappa shape index (κ1) is 18.4. The molecular weight excluding hydrogens is 350 g/mol. The van der Waals surface area contributed by atoms with Gasteiger partial charge >= 0.3 is 6.03 Å². The predicted octanol–water partition coefficient (Wildman–Crippen LogP) is 2.75. The highest BCUT2D eigenvalue weighted by molar-refractivity contribution is 7.90. The lowest BCUT2D eigenvalue weighted by Gasteiger charge is -2.40. The van der Waals surface area contributed by atoms with E-state index in [2.05, 4.69) is 10.3 Å². The van der Waals surface area contributed by atoms with Gasteiger partial charge < -0.3 is 10.2 Å². The maximum absolute atomic E-state index is 12.5. The summed E-state index contributed by atoms with van der Waals surface area (Å²) in [6.07, 6.45) is 5.45. The average molecular weight is 373 g/mol. The number of carbonyl (C=O) groups is 1. The minimum atomic E-state index is -3.22. The molecule has 138 valence electrons. The lowest BCUT2D eigenvalue weighted by Crippen LogP contribution is -2.53. The van der Waals surface area contributed by atoms with Crippen molar-refractivity contribution in [3.8, 4) is 0 Å². The van der Waals surface area contributed by atoms with Crippen molar-refractivity contribution in [3.63, 3.8) is 0 Å². The van der Waals surface area contributed by atoms with Gasteiger partial charge in [0.1, 0.15) is 0 Å². The highest BCUT2D eigenvalue weighted by Crippen LogP contribution is 2.27. The third-order valence-corrected chi connectivity index (χ3v) is 5.89. The van der Waals surface area contributed by atoms with Crippen LogP contribution in [-0.4, -0.2) is 43.7 Å². The van der Waals surface area contributed by atoms with Crippen LogP contribution in [-0.2, 0) is 9.84 Å². The van der Waals surface area contributed by atoms with Gasteiger partial charge in [-0.3, -0.25) is 4.98 Å². The van der Waals surface area contributed by atoms with E-state index in [-0.39, 0.29) is 17.0 Å². The molecule has 1 aromatic carbocycles. The molecule has 0 radical (unpaired) electrons. The molecule has 26 heavy (non-hydrogen) atoms. The van der Waals surface area contributed by atoms with Crippen LogP contribution in [0, 0.1) is 0 Å². The molecule has 2 amide bonds. The van der Waals surface area contributed by atoms with Crippen LogP contribution in [0.4, 0.5) is 4.79 Å². The SMILES string of the molecule is CCC(NC(=O)N1CC(c2ccncc2)C1)c1ccc(S(C)(=O)=O)cc1. The van der Waals surface area contributed by atoms with E-state index in [0.717, 1.165) is 12.0 Å². The Kier molecular flexibility index (Phi) is 5.27. The number of benzene rings is 1. The zero-order valence-electron chi connectivity index (χ0n) is 14.9. The minimum Gasteiger partial charge on any atom is -0.331 e. The van der Waals surface area contributed by atoms with Gasteiger partial charge in [0.2, 0.25) is 0 Å². The summed E-state index contributed by atoms with van der Waals surface area (Å²) in [7, 11) is -3.22. The third-order valence-electron chi connectivity index (χ3n) is 4.76. The Morgan fingerprint density at radius 2 is 1.81 bits per heavy atom. The number of hydrogen-bond acceptors (Lipinski definition) is 4. The Morgan fingerprint density at radius 1 is 1.19 bits per heavy atom. The molecule has 0 aliphatic carbocycles. The second kappa shape index (κ2) is 7.45. The van der Waals surface area contributed by atoms with Crippen molar-refractivity contribution in [2.24, 2.45) is 0 Å². The number of hydrogen-bond donors (Lipinski definition) is 1. The molecule has 0 spiro atoms. The van der Waals surface area contributed by atoms with Gasteiger partial charge in [0.15, 0.2) is 9.84 Å². The maximum atomic E-state index is 12.5. The molecule has 1 saturated heterocycles. The summed E-state index contributed by atoms with van der Waals surface area (Å²) in [5, 5.41) is 3.04. The molecule has 2 aromatic rings. The van der Waals surface area contributed by atoms with Crippen LogP contribution in [0.3, 0.4) is 0 Å². The molecule has 1 unspecified atom stereocenters. The molecule has 7 heteroatoms. The minimum absolute atomic E-state index is 0.0886. The summed E-state index contributed by atoms with van der Waals surface area (Å²) in [6.45, 7) is 3.38. The fourth-order valence-electron chi connectivity index (χ4n) is 3.10. The number of pyridine rings is 1. The highest BCUT2D eigenvalue weighted by Gasteiger charge is 2.32. The van der Waals surface area contributed by atoms with E-state index in [1.807, 2.05) is 19.1 Å². The molecule has 1 aromatic heterocycles. The number of amides is 2. The smallest absolute Gasteiger partial charge is 0.317 e. The van der Waals surface area contributed by atoms with Crippen molar-refractivity contribution in [2.75, 3.05) is 19.3 Å². The molecule has 2 heterocycles. The molecule has 0 saturated carbocycles. The van der Waals surface area contributed by atoms with E-state index in [1.165, 1.54) is 11.8 Å². The van der Waals surface area contributed by atoms with E-state index < -0.39 is 9.84 Å². The molecule has 0 bridgehead atoms. The van der Waals surface area contributed by atoms with Crippen LogP contribution in [0.1, 0.15) is 36.4 Å². The summed E-state index contributed by atoms with van der Waals surface area (Å²) in [5.41, 5.74) is 2.10. The number of sulfone groups is 1. The summed E-state index contributed by atoms with van der Waals surface area (Å²) in [6, 6.07) is 10.4. The zero-order valence-corrected chi connectivity index (χ0v) is 15.7. The molecule has 1 aliphatic rings. The maximum Gasteiger partial charge on any atom is 0.317 e. The summed E-state index contributed by atoms with van der Waals surface area (Å²) in [5.74, 6) is 0.359. The Hall–Kier alpha value is -2.41. The van der Waals surface area contributed by atoms with E-state index in [0.29, 0.717) is 19.0 Å². The fourth-order valence-corrected chi connectivity index (χ4v) is 3.73. The van der Waals surface area contributed by atoms with Gasteiger partial charge in [-0.1, -0.05) is 19.1 Å². The largest absolute Gasteiger partial charge is 0.331 e. The first-order valence-corrected chi connectivity index (χ1v) is 10.5. The van der Waals surface area contributed by atoms with Gasteiger partial charge in [0.25, 0.3) is 0 Å². The summed E-state index contributed by atoms with van der Waals surface area (Å²) < 4.78 is 23.1. The summed E-state index contributed by atoms with van der Waals surface area (Å²) >= 11 is 0. The van der Waals surface area contributed by atoms with Crippen LogP contribution in [0.25, 0.3) is 0 Å². The Balaban J connectivity index is 1.59. The van der Waals surface area contributed by atoms with Crippen molar-refractivity contribution in [3.05, 3.63) is 59.9 Å². The summed E-state index contributed by atoms with van der Waals surface area (Å²) in [4.78, 5) is 18.6. The van der Waals surface area contributed by atoms with Gasteiger partial charge in [0, 0.05) is 37.7 Å². The molecule has 1 N–H and O–H groups in total. The lowest BCUT2D eigenvalue weighted by molar-refractivity contribution is 0.147. The van der Waals surface area contributed by atoms with Crippen LogP contribution >= 0.6 is 0 Å². The van der Waals surface area contributed by atoms with E-state index in [9.17, 15) is 13.2 Å². The number of rotatable bonds is 5. The van der Waals surface area contributed by atoms with Crippen LogP contribution in [0.5, 0.6) is 0 Å². The number of nitrogens with one attached hydrogen (secondary N) is 1. The second-order valence-electron chi connectivity index (χ2n) is 6.63. The number of likely N-dealkylation sites (tertiary alicyclic amines) is 1. The monoisotopic (exact) mass is 373 g/mol. The Morgan fingerprint density at radius 3 is 2.35 bits per heavy atom. The van der Waals surface area contributed by atoms with Crippen LogP contribution in [0.2, 0.25) is 0 Å². The molecule has 1 atom stereocenters. The lowest BCUT2D eigenvalue weighted by atomic mass is 9.92. The molecule has 6 nitrogen and oxygen atoms in total. The number of nitrogens with zero attached hydrogens (tertiary/aromatic N) is 2. The van der Waals surface area contributed by atoms with Crippen molar-refractivity contribution in [1.82, 2.24) is 15.2 Å². The highest BCUT2D eigenvalue weighted by atomic mass is 32.2. The fraction of sp³-hybridized carbons (Fsp3) is 0.368. The van der Waals surface area contributed by atoms with Gasteiger partial charge in [0.05, 0.1) is 10.9 Å². The number of carbonyl (C=O) groups excluding carboxylic acids is 1. The van der Waals surface area contributed by atoms with Crippen molar-refractivity contribution in [1.29, 1.82) is 0 Å². The molecule has 3 rings (SSSR count). The van der Waals surface area contributed by atoms with Gasteiger partial charge in [-0.25, -0.2) is 13.2 Å². The first-order chi connectivity index (χ1) is 12.4. The van der Waals surface area contributed by atoms with E-state index in [4.69, 9.17) is 0 Å². The number of aromatic nitrogens is 1. The first-order valence-electron chi connectivity index (χ1n) is 8.64. The van der Waals surface area contributed by atoms with E-state index in [1.54, 1.807) is 41.6 Å². The molecular formula is C19H23N3O3S. The van der Waals surface area contributed by atoms with Crippen LogP contribution < -0.4 is 5.32 Å². The van der Waals surface area contributed by atoms with Gasteiger partial charge in [-0.05, 0) is 41.8 Å². The number of urea groups is 1. The Bertz CT molecular complexity index is 861. The van der Waals surface area contributed by atoms with Crippen molar-refractivity contribution in [2.45, 2.75) is 30.2 Å². The topological polar surface area (TPSA) is 79.4 Å². The van der Waals surface area contributed by atoms with Gasteiger partial charge in [-0.15, -0.1) is 0 Å². The molecule has 1 fully saturated rings. The van der Waals surface area contributed by atoms with Crippen molar-refractivity contribution < 1.29 is 13.2 Å². The third kappa shape index (κ3) is 4.04. The zero-order chi connectivity index (χ0) is 18.7. The van der Waals surface area contributed by atoms with Gasteiger partial charge in [-0.2, -0.15) is 0 Å². The quantitative estimate of drug-likeness (QED) is 0.874. The predicted molar refractivity (Wildman–Crippen MR) is 99.7 cm³/mol. The standard InChI is InChI=1S/C19H23N3O3S/c1-3-18(15-4-6-17(7-5-15)26(2,24)25)21-19(23)22-12-16(13-22)14-8-10-20-11-9-14/h4-11,16,18H,3,12-13H2,1-2H3,(H,21,23). The van der Waals surface area contributed by atoms with E-state index >= 15 is 0 Å². The second-order valence-corrected chi connectivity index (χ2v) is 8.65. The molecule has 1 aliphatic heterocycles. The Labute approximate surface area is 154 Å². The van der Waals surface area contributed by atoms with Crippen LogP contribution in [0.15, 0.2) is 53.7 Å². The average Bonchev–Trinajstić information content (AvgIpc) is 2.59. The van der Waals surface area contributed by atoms with Crippen molar-refractivity contribution >= 4 is 15.9 Å².